The van der Waals surface area contributed by atoms with Crippen LogP contribution in [0.5, 0.6) is 0 Å². The van der Waals surface area contributed by atoms with Gasteiger partial charge in [-0.3, -0.25) is 0 Å². The number of alkyl halides is 3. The Morgan fingerprint density at radius 1 is 0.929 bits per heavy atom. The lowest BCUT2D eigenvalue weighted by atomic mass is 10.1. The lowest BCUT2D eigenvalue weighted by Gasteiger charge is -1.99. The van der Waals surface area contributed by atoms with E-state index >= 15 is 0 Å². The van der Waals surface area contributed by atoms with Gasteiger partial charge in [0.05, 0.1) is 10.4 Å². The van der Waals surface area contributed by atoms with E-state index in [-0.39, 0.29) is 5.56 Å². The minimum Gasteiger partial charge on any atom is -0.205 e. The summed E-state index contributed by atoms with van der Waals surface area (Å²) >= 11 is 1.47. The Kier molecular flexibility index (Phi) is 5.72. The van der Waals surface area contributed by atoms with Crippen LogP contribution < -0.4 is 0 Å². The first-order valence-electron chi connectivity index (χ1n) is 8.38. The van der Waals surface area contributed by atoms with Crippen LogP contribution in [0, 0.1) is 35.3 Å². The van der Waals surface area contributed by atoms with Gasteiger partial charge in [-0.2, -0.15) is 13.2 Å². The molecule has 28 heavy (non-hydrogen) atoms. The second kappa shape index (κ2) is 8.04. The van der Waals surface area contributed by atoms with E-state index < -0.39 is 23.4 Å². The van der Waals surface area contributed by atoms with Gasteiger partial charge in [0.1, 0.15) is 11.6 Å². The molecule has 0 radical (unpaired) electrons. The number of thiophene rings is 1. The number of rotatable bonds is 2. The summed E-state index contributed by atoms with van der Waals surface area (Å²) in [4.78, 5) is 0.727. The van der Waals surface area contributed by atoms with Crippen molar-refractivity contribution in [2.75, 3.05) is 0 Å². The second-order valence-electron chi connectivity index (χ2n) is 6.05. The molecule has 0 unspecified atom stereocenters. The molecule has 3 rings (SSSR count). The third-order valence-corrected chi connectivity index (χ3v) is 4.84. The van der Waals surface area contributed by atoms with E-state index in [1.807, 2.05) is 12.1 Å². The molecule has 0 saturated heterocycles. The third kappa shape index (κ3) is 4.91. The van der Waals surface area contributed by atoms with Crippen molar-refractivity contribution < 1.29 is 22.0 Å². The molecule has 0 N–H and O–H groups in total. The van der Waals surface area contributed by atoms with Gasteiger partial charge in [-0.25, -0.2) is 8.78 Å². The van der Waals surface area contributed by atoms with E-state index in [1.165, 1.54) is 22.8 Å². The van der Waals surface area contributed by atoms with Crippen molar-refractivity contribution in [2.24, 2.45) is 0 Å². The molecule has 0 spiro atoms. The highest BCUT2D eigenvalue weighted by Crippen LogP contribution is 2.26. The van der Waals surface area contributed by atoms with Gasteiger partial charge in [0.2, 0.25) is 0 Å². The fourth-order valence-corrected chi connectivity index (χ4v) is 3.59. The van der Waals surface area contributed by atoms with Crippen LogP contribution in [0.1, 0.15) is 34.9 Å². The number of benzene rings is 2. The fourth-order valence-electron chi connectivity index (χ4n) is 2.61. The third-order valence-electron chi connectivity index (χ3n) is 3.82. The molecule has 6 heteroatoms. The Morgan fingerprint density at radius 2 is 1.64 bits per heavy atom. The molecule has 142 valence electrons. The van der Waals surface area contributed by atoms with E-state index in [0.717, 1.165) is 45.9 Å². The summed E-state index contributed by atoms with van der Waals surface area (Å²) in [5.74, 6) is 5.49. The first kappa shape index (κ1) is 19.9. The number of halogens is 5. The Bertz CT molecular complexity index is 1120. The average molecular weight is 404 g/mol. The Labute approximate surface area is 163 Å². The van der Waals surface area contributed by atoms with Gasteiger partial charge in [0.15, 0.2) is 0 Å². The minimum absolute atomic E-state index is 0.0247. The number of fused-ring (bicyclic) bond motifs is 1. The van der Waals surface area contributed by atoms with Crippen LogP contribution >= 0.6 is 11.3 Å². The first-order chi connectivity index (χ1) is 13.2. The molecule has 0 nitrogen and oxygen atoms in total. The Hall–Kier alpha value is -2.83. The van der Waals surface area contributed by atoms with Crippen molar-refractivity contribution in [3.05, 3.63) is 69.6 Å². The normalized spacial score (nSPS) is 10.9. The first-order valence-corrected chi connectivity index (χ1v) is 9.20. The molecular formula is C22H13F5S. The number of hydrogen-bond donors (Lipinski definition) is 0. The Morgan fingerprint density at radius 3 is 2.29 bits per heavy atom. The summed E-state index contributed by atoms with van der Waals surface area (Å²) in [5.41, 5.74) is 0.334. The van der Waals surface area contributed by atoms with Crippen LogP contribution in [0.15, 0.2) is 36.4 Å². The zero-order valence-corrected chi connectivity index (χ0v) is 15.5. The van der Waals surface area contributed by atoms with Crippen LogP contribution in [0.25, 0.3) is 10.1 Å². The molecule has 0 saturated carbocycles. The summed E-state index contributed by atoms with van der Waals surface area (Å²) in [6, 6.07) is 9.81. The summed E-state index contributed by atoms with van der Waals surface area (Å²) in [7, 11) is 0. The largest absolute Gasteiger partial charge is 0.458 e. The maximum absolute atomic E-state index is 13.9. The van der Waals surface area contributed by atoms with Crippen LogP contribution in [0.2, 0.25) is 0 Å². The molecule has 0 aliphatic carbocycles. The molecule has 0 aliphatic rings. The summed E-state index contributed by atoms with van der Waals surface area (Å²) in [6.07, 6.45) is -2.80. The van der Waals surface area contributed by atoms with Crippen molar-refractivity contribution in [3.8, 4) is 23.7 Å². The zero-order chi connectivity index (χ0) is 20.3. The van der Waals surface area contributed by atoms with Gasteiger partial charge in [0, 0.05) is 16.2 Å². The Balaban J connectivity index is 1.89. The van der Waals surface area contributed by atoms with Crippen LogP contribution in [-0.2, 0) is 6.42 Å². The predicted molar refractivity (Wildman–Crippen MR) is 101 cm³/mol. The monoisotopic (exact) mass is 404 g/mol. The van der Waals surface area contributed by atoms with Gasteiger partial charge in [0.25, 0.3) is 0 Å². The van der Waals surface area contributed by atoms with E-state index in [9.17, 15) is 22.0 Å². The zero-order valence-electron chi connectivity index (χ0n) is 14.7. The molecule has 1 heterocycles. The van der Waals surface area contributed by atoms with E-state index in [1.54, 1.807) is 0 Å². The standard InChI is InChI=1S/C22H13F5S/c1-2-3-14-4-6-16-13-17(28-21(16)12-14)7-5-15-10-19(23)18(20(24)11-15)8-9-22(25,26)27/h4,6,10-13H,2-3H2,1H3. The SMILES string of the molecule is CCCc1ccc2cc(C#Cc3cc(F)c(C#CC(F)(F)F)c(F)c3)sc2c1. The van der Waals surface area contributed by atoms with E-state index in [0.29, 0.717) is 0 Å². The van der Waals surface area contributed by atoms with Crippen LogP contribution in [0.4, 0.5) is 22.0 Å². The van der Waals surface area contributed by atoms with Gasteiger partial charge >= 0.3 is 6.18 Å². The lowest BCUT2D eigenvalue weighted by molar-refractivity contribution is -0.0696. The predicted octanol–water partition coefficient (Wildman–Crippen LogP) is 6.45. The minimum atomic E-state index is -4.82. The lowest BCUT2D eigenvalue weighted by Crippen LogP contribution is -2.02. The van der Waals surface area contributed by atoms with Gasteiger partial charge in [-0.15, -0.1) is 11.3 Å². The average Bonchev–Trinajstić information content (AvgIpc) is 3.01. The molecule has 0 atom stereocenters. The molecular weight excluding hydrogens is 391 g/mol. The summed E-state index contributed by atoms with van der Waals surface area (Å²) in [6.45, 7) is 2.10. The van der Waals surface area contributed by atoms with Gasteiger partial charge in [-0.05, 0) is 41.6 Å². The number of hydrogen-bond acceptors (Lipinski definition) is 1. The van der Waals surface area contributed by atoms with E-state index in [4.69, 9.17) is 0 Å². The topological polar surface area (TPSA) is 0 Å². The molecule has 1 aromatic heterocycles. The number of aryl methyl sites for hydroxylation is 1. The summed E-state index contributed by atoms with van der Waals surface area (Å²) in [5, 5.41) is 1.03. The van der Waals surface area contributed by atoms with Gasteiger partial charge in [-0.1, -0.05) is 43.2 Å². The highest BCUT2D eigenvalue weighted by Gasteiger charge is 2.23. The highest BCUT2D eigenvalue weighted by atomic mass is 32.1. The molecule has 0 fully saturated rings. The van der Waals surface area contributed by atoms with E-state index in [2.05, 4.69) is 30.9 Å². The molecule has 3 aromatic rings. The summed E-state index contributed by atoms with van der Waals surface area (Å²) < 4.78 is 65.2. The fraction of sp³-hybridized carbons (Fsp3) is 0.182. The van der Waals surface area contributed by atoms with Crippen molar-refractivity contribution in [1.82, 2.24) is 0 Å². The molecule has 2 aromatic carbocycles. The molecule has 0 bridgehead atoms. The molecule has 0 aliphatic heterocycles. The smallest absolute Gasteiger partial charge is 0.205 e. The van der Waals surface area contributed by atoms with Crippen LogP contribution in [-0.4, -0.2) is 6.18 Å². The van der Waals surface area contributed by atoms with Crippen molar-refractivity contribution in [3.63, 3.8) is 0 Å². The van der Waals surface area contributed by atoms with Crippen molar-refractivity contribution in [2.45, 2.75) is 25.9 Å². The quantitative estimate of drug-likeness (QED) is 0.340. The van der Waals surface area contributed by atoms with Gasteiger partial charge < -0.3 is 0 Å². The van der Waals surface area contributed by atoms with Crippen molar-refractivity contribution in [1.29, 1.82) is 0 Å². The maximum Gasteiger partial charge on any atom is 0.458 e. The second-order valence-corrected chi connectivity index (χ2v) is 7.13. The van der Waals surface area contributed by atoms with Crippen molar-refractivity contribution >= 4 is 21.4 Å². The van der Waals surface area contributed by atoms with Crippen LogP contribution in [0.3, 0.4) is 0 Å². The highest BCUT2D eigenvalue weighted by molar-refractivity contribution is 7.19. The molecule has 0 amide bonds. The maximum atomic E-state index is 13.9.